The number of methoxy groups -OCH3 is 1. The molecular formula is C15H21N3O3S. The van der Waals surface area contributed by atoms with Crippen molar-refractivity contribution < 1.29 is 13.9 Å². The van der Waals surface area contributed by atoms with E-state index < -0.39 is 0 Å². The number of aromatic nitrogens is 1. The van der Waals surface area contributed by atoms with E-state index in [1.807, 2.05) is 24.4 Å². The lowest BCUT2D eigenvalue weighted by atomic mass is 10.2. The average molecular weight is 323 g/mol. The Kier molecular flexibility index (Phi) is 6.57. The summed E-state index contributed by atoms with van der Waals surface area (Å²) >= 11 is 1.56. The molecule has 2 aromatic heterocycles. The van der Waals surface area contributed by atoms with Gasteiger partial charge in [0.05, 0.1) is 23.6 Å². The van der Waals surface area contributed by atoms with Gasteiger partial charge < -0.3 is 19.8 Å². The number of nitrogens with one attached hydrogen (secondary N) is 2. The number of hydrogen-bond acceptors (Lipinski definition) is 6. The number of thiophene rings is 1. The summed E-state index contributed by atoms with van der Waals surface area (Å²) in [5.74, 6) is 1.22. The minimum absolute atomic E-state index is 0.0531. The van der Waals surface area contributed by atoms with Crippen LogP contribution in [0.4, 0.5) is 0 Å². The summed E-state index contributed by atoms with van der Waals surface area (Å²) in [6.07, 6.45) is 0.235. The second-order valence-electron chi connectivity index (χ2n) is 4.77. The lowest BCUT2D eigenvalue weighted by Gasteiger charge is -2.05. The zero-order chi connectivity index (χ0) is 15.8. The van der Waals surface area contributed by atoms with Crippen molar-refractivity contribution >= 4 is 17.2 Å². The van der Waals surface area contributed by atoms with Gasteiger partial charge in [-0.2, -0.15) is 0 Å². The molecule has 2 heterocycles. The standard InChI is InChI=1S/C15H21N3O3S/c1-11-12(18-15(21-11)13-4-3-9-22-13)10-14(19)17-6-5-16-7-8-20-2/h3-4,9,16H,5-8,10H2,1-2H3,(H,17,19). The van der Waals surface area contributed by atoms with Gasteiger partial charge in [-0.25, -0.2) is 4.98 Å². The highest BCUT2D eigenvalue weighted by Gasteiger charge is 2.14. The van der Waals surface area contributed by atoms with Crippen LogP contribution in [0.2, 0.25) is 0 Å². The monoisotopic (exact) mass is 323 g/mol. The Morgan fingerprint density at radius 3 is 3.00 bits per heavy atom. The number of hydrogen-bond donors (Lipinski definition) is 2. The first-order chi connectivity index (χ1) is 10.7. The molecule has 7 heteroatoms. The van der Waals surface area contributed by atoms with Crippen LogP contribution in [0.15, 0.2) is 21.9 Å². The van der Waals surface area contributed by atoms with Crippen molar-refractivity contribution in [2.75, 3.05) is 33.4 Å². The molecule has 0 aliphatic rings. The number of ether oxygens (including phenoxy) is 1. The Labute approximate surface area is 133 Å². The van der Waals surface area contributed by atoms with E-state index in [0.29, 0.717) is 37.0 Å². The Hall–Kier alpha value is -1.70. The number of oxazole rings is 1. The molecule has 2 rings (SSSR count). The number of aryl methyl sites for hydroxylation is 1. The van der Waals surface area contributed by atoms with Crippen LogP contribution in [-0.2, 0) is 16.0 Å². The van der Waals surface area contributed by atoms with Crippen LogP contribution in [0.25, 0.3) is 10.8 Å². The number of rotatable bonds is 9. The molecule has 2 N–H and O–H groups in total. The van der Waals surface area contributed by atoms with Gasteiger partial charge in [0.25, 0.3) is 0 Å². The average Bonchev–Trinajstić information content (AvgIpc) is 3.13. The maximum absolute atomic E-state index is 11.9. The number of nitrogens with zero attached hydrogens (tertiary/aromatic N) is 1. The Morgan fingerprint density at radius 2 is 2.27 bits per heavy atom. The molecule has 0 saturated carbocycles. The molecule has 0 saturated heterocycles. The first-order valence-corrected chi connectivity index (χ1v) is 8.05. The van der Waals surface area contributed by atoms with Crippen LogP contribution in [0.3, 0.4) is 0 Å². The lowest BCUT2D eigenvalue weighted by Crippen LogP contribution is -2.34. The summed E-state index contributed by atoms with van der Waals surface area (Å²) in [7, 11) is 1.66. The molecule has 120 valence electrons. The second kappa shape index (κ2) is 8.67. The number of carbonyl (C=O) groups excluding carboxylic acids is 1. The molecule has 0 aromatic carbocycles. The third-order valence-electron chi connectivity index (χ3n) is 3.06. The molecule has 22 heavy (non-hydrogen) atoms. The van der Waals surface area contributed by atoms with Gasteiger partial charge in [0.15, 0.2) is 0 Å². The van der Waals surface area contributed by atoms with Gasteiger partial charge >= 0.3 is 0 Å². The fourth-order valence-electron chi connectivity index (χ4n) is 1.90. The molecular weight excluding hydrogens is 302 g/mol. The Balaban J connectivity index is 1.77. The van der Waals surface area contributed by atoms with Crippen LogP contribution < -0.4 is 10.6 Å². The van der Waals surface area contributed by atoms with Crippen molar-refractivity contribution in [3.05, 3.63) is 29.0 Å². The fraction of sp³-hybridized carbons (Fsp3) is 0.467. The van der Waals surface area contributed by atoms with E-state index in [4.69, 9.17) is 9.15 Å². The summed E-state index contributed by atoms with van der Waals surface area (Å²) < 4.78 is 10.5. The van der Waals surface area contributed by atoms with Gasteiger partial charge in [0, 0.05) is 26.7 Å². The summed E-state index contributed by atoms with van der Waals surface area (Å²) in [5.41, 5.74) is 0.688. The van der Waals surface area contributed by atoms with Crippen molar-refractivity contribution in [1.82, 2.24) is 15.6 Å². The van der Waals surface area contributed by atoms with E-state index in [0.717, 1.165) is 11.4 Å². The quantitative estimate of drug-likeness (QED) is 0.686. The molecule has 1 amide bonds. The van der Waals surface area contributed by atoms with Gasteiger partial charge in [-0.05, 0) is 18.4 Å². The van der Waals surface area contributed by atoms with E-state index in [1.54, 1.807) is 18.4 Å². The number of amides is 1. The third-order valence-corrected chi connectivity index (χ3v) is 3.92. The molecule has 0 aliphatic carbocycles. The van der Waals surface area contributed by atoms with E-state index in [1.165, 1.54) is 0 Å². The summed E-state index contributed by atoms with van der Waals surface area (Å²) in [5, 5.41) is 8.00. The second-order valence-corrected chi connectivity index (χ2v) is 5.72. The molecule has 0 spiro atoms. The fourth-order valence-corrected chi connectivity index (χ4v) is 2.55. The third kappa shape index (κ3) is 4.94. The molecule has 2 aromatic rings. The molecule has 6 nitrogen and oxygen atoms in total. The lowest BCUT2D eigenvalue weighted by molar-refractivity contribution is -0.120. The van der Waals surface area contributed by atoms with Crippen LogP contribution in [0.5, 0.6) is 0 Å². The molecule has 0 aliphatic heterocycles. The normalized spacial score (nSPS) is 10.8. The van der Waals surface area contributed by atoms with Crippen molar-refractivity contribution in [3.63, 3.8) is 0 Å². The van der Waals surface area contributed by atoms with Crippen LogP contribution in [-0.4, -0.2) is 44.2 Å². The largest absolute Gasteiger partial charge is 0.440 e. The molecule has 0 radical (unpaired) electrons. The molecule has 0 fully saturated rings. The van der Waals surface area contributed by atoms with E-state index in [-0.39, 0.29) is 12.3 Å². The molecule has 0 atom stereocenters. The Bertz CT molecular complexity index is 581. The van der Waals surface area contributed by atoms with Gasteiger partial charge in [-0.15, -0.1) is 11.3 Å². The zero-order valence-electron chi connectivity index (χ0n) is 12.8. The van der Waals surface area contributed by atoms with Crippen LogP contribution in [0, 0.1) is 6.92 Å². The minimum Gasteiger partial charge on any atom is -0.440 e. The minimum atomic E-state index is -0.0531. The highest BCUT2D eigenvalue weighted by molar-refractivity contribution is 7.13. The summed E-state index contributed by atoms with van der Waals surface area (Å²) in [4.78, 5) is 17.3. The van der Waals surface area contributed by atoms with Crippen molar-refractivity contribution in [2.24, 2.45) is 0 Å². The number of carbonyl (C=O) groups is 1. The van der Waals surface area contributed by atoms with Crippen molar-refractivity contribution in [1.29, 1.82) is 0 Å². The molecule has 0 bridgehead atoms. The predicted octanol–water partition coefficient (Wildman–Crippen LogP) is 1.61. The van der Waals surface area contributed by atoms with Crippen LogP contribution in [0.1, 0.15) is 11.5 Å². The van der Waals surface area contributed by atoms with E-state index in [9.17, 15) is 4.79 Å². The highest BCUT2D eigenvalue weighted by Crippen LogP contribution is 2.25. The van der Waals surface area contributed by atoms with Gasteiger partial charge in [-0.1, -0.05) is 6.07 Å². The van der Waals surface area contributed by atoms with Crippen LogP contribution >= 0.6 is 11.3 Å². The highest BCUT2D eigenvalue weighted by atomic mass is 32.1. The summed E-state index contributed by atoms with van der Waals surface area (Å²) in [6, 6.07) is 3.90. The topological polar surface area (TPSA) is 76.4 Å². The first-order valence-electron chi connectivity index (χ1n) is 7.17. The van der Waals surface area contributed by atoms with E-state index in [2.05, 4.69) is 15.6 Å². The van der Waals surface area contributed by atoms with Gasteiger partial charge in [0.2, 0.25) is 11.8 Å². The van der Waals surface area contributed by atoms with Crippen molar-refractivity contribution in [3.8, 4) is 10.8 Å². The SMILES string of the molecule is COCCNCCNC(=O)Cc1nc(-c2cccs2)oc1C. The van der Waals surface area contributed by atoms with Crippen molar-refractivity contribution in [2.45, 2.75) is 13.3 Å². The van der Waals surface area contributed by atoms with E-state index >= 15 is 0 Å². The maximum Gasteiger partial charge on any atom is 0.236 e. The first kappa shape index (κ1) is 16.7. The van der Waals surface area contributed by atoms with Gasteiger partial charge in [0.1, 0.15) is 5.76 Å². The summed E-state index contributed by atoms with van der Waals surface area (Å²) in [6.45, 7) is 4.57. The van der Waals surface area contributed by atoms with Gasteiger partial charge in [-0.3, -0.25) is 4.79 Å². The zero-order valence-corrected chi connectivity index (χ0v) is 13.7. The maximum atomic E-state index is 11.9. The molecule has 0 unspecified atom stereocenters. The predicted molar refractivity (Wildman–Crippen MR) is 86.0 cm³/mol. The Morgan fingerprint density at radius 1 is 1.41 bits per heavy atom. The smallest absolute Gasteiger partial charge is 0.236 e.